The molecule has 2 aromatic heterocycles. The second kappa shape index (κ2) is 9.65. The zero-order valence-corrected chi connectivity index (χ0v) is 18.6. The Balaban J connectivity index is 1.51. The maximum Gasteiger partial charge on any atom is 0.349 e. The molecule has 2 N–H and O–H groups in total. The lowest BCUT2D eigenvalue weighted by Gasteiger charge is -2.11. The van der Waals surface area contributed by atoms with Crippen molar-refractivity contribution in [2.45, 2.75) is 13.3 Å². The number of nitrogens with one attached hydrogen (secondary N) is 1. The van der Waals surface area contributed by atoms with Crippen LogP contribution in [0.25, 0.3) is 21.3 Å². The second-order valence-electron chi connectivity index (χ2n) is 7.02. The molecule has 0 aliphatic rings. The zero-order chi connectivity index (χ0) is 22.5. The third-order valence-corrected chi connectivity index (χ3v) is 6.10. The van der Waals surface area contributed by atoms with Gasteiger partial charge >= 0.3 is 5.97 Å². The van der Waals surface area contributed by atoms with E-state index < -0.39 is 5.97 Å². The van der Waals surface area contributed by atoms with Gasteiger partial charge in [0.05, 0.1) is 24.3 Å². The summed E-state index contributed by atoms with van der Waals surface area (Å²) in [5, 5.41) is 15.1. The highest BCUT2D eigenvalue weighted by atomic mass is 32.1. The fourth-order valence-electron chi connectivity index (χ4n) is 3.51. The van der Waals surface area contributed by atoms with Gasteiger partial charge in [-0.2, -0.15) is 0 Å². The molecule has 0 unspecified atom stereocenters. The monoisotopic (exact) mass is 449 g/mol. The number of carboxylic acids is 1. The maximum atomic E-state index is 11.5. The summed E-state index contributed by atoms with van der Waals surface area (Å²) in [6.45, 7) is 2.88. The number of carbonyl (C=O) groups is 1. The van der Waals surface area contributed by atoms with Crippen molar-refractivity contribution in [3.05, 3.63) is 65.3 Å². The number of ether oxygens (including phenoxy) is 2. The van der Waals surface area contributed by atoms with Crippen LogP contribution in [0.5, 0.6) is 11.5 Å². The summed E-state index contributed by atoms with van der Waals surface area (Å²) < 4.78 is 10.9. The van der Waals surface area contributed by atoms with Gasteiger partial charge in [0.2, 0.25) is 0 Å². The van der Waals surface area contributed by atoms with Crippen LogP contribution in [0.15, 0.2) is 54.9 Å². The Kier molecular flexibility index (Phi) is 6.51. The Morgan fingerprint density at radius 3 is 2.78 bits per heavy atom. The van der Waals surface area contributed by atoms with Crippen LogP contribution in [0.1, 0.15) is 22.2 Å². The third-order valence-electron chi connectivity index (χ3n) is 4.97. The Morgan fingerprint density at radius 2 is 2.00 bits per heavy atom. The van der Waals surface area contributed by atoms with Crippen molar-refractivity contribution in [1.82, 2.24) is 9.97 Å². The lowest BCUT2D eigenvalue weighted by molar-refractivity contribution is 0.0698. The molecule has 8 heteroatoms. The van der Waals surface area contributed by atoms with Crippen molar-refractivity contribution >= 4 is 33.9 Å². The lowest BCUT2D eigenvalue weighted by atomic mass is 10.0. The van der Waals surface area contributed by atoms with Gasteiger partial charge in [-0.15, -0.1) is 11.3 Å². The molecule has 0 atom stereocenters. The molecule has 4 rings (SSSR count). The van der Waals surface area contributed by atoms with Crippen LogP contribution in [-0.2, 0) is 6.42 Å². The predicted molar refractivity (Wildman–Crippen MR) is 126 cm³/mol. The van der Waals surface area contributed by atoms with E-state index in [-0.39, 0.29) is 4.88 Å². The number of fused-ring (bicyclic) bond motifs is 1. The number of hydrogen-bond acceptors (Lipinski definition) is 7. The van der Waals surface area contributed by atoms with E-state index in [9.17, 15) is 9.90 Å². The number of methoxy groups -OCH3 is 1. The number of thiophene rings is 1. The molecular formula is C24H23N3O4S. The first-order valence-corrected chi connectivity index (χ1v) is 11.0. The molecule has 0 aliphatic heterocycles. The van der Waals surface area contributed by atoms with Gasteiger partial charge < -0.3 is 19.9 Å². The van der Waals surface area contributed by atoms with Crippen molar-refractivity contribution in [3.63, 3.8) is 0 Å². The van der Waals surface area contributed by atoms with E-state index in [2.05, 4.69) is 33.5 Å². The minimum absolute atomic E-state index is 0.167. The summed E-state index contributed by atoms with van der Waals surface area (Å²) in [7, 11) is 1.67. The van der Waals surface area contributed by atoms with Crippen LogP contribution in [0.4, 0.5) is 5.82 Å². The van der Waals surface area contributed by atoms with E-state index in [1.54, 1.807) is 13.2 Å². The first-order valence-electron chi connectivity index (χ1n) is 10.2. The number of carboxylic acid groups (broad SMARTS) is 1. The number of anilines is 1. The summed E-state index contributed by atoms with van der Waals surface area (Å²) in [5.74, 6) is 0.853. The highest BCUT2D eigenvalue weighted by Crippen LogP contribution is 2.36. The average molecular weight is 450 g/mol. The largest absolute Gasteiger partial charge is 0.497 e. The maximum absolute atomic E-state index is 11.5. The third kappa shape index (κ3) is 4.65. The molecule has 32 heavy (non-hydrogen) atoms. The summed E-state index contributed by atoms with van der Waals surface area (Å²) in [4.78, 5) is 21.0. The van der Waals surface area contributed by atoms with Crippen LogP contribution < -0.4 is 14.8 Å². The number of rotatable bonds is 9. The van der Waals surface area contributed by atoms with Gasteiger partial charge in [0.25, 0.3) is 0 Å². The van der Waals surface area contributed by atoms with Crippen LogP contribution in [0.2, 0.25) is 0 Å². The van der Waals surface area contributed by atoms with E-state index in [0.717, 1.165) is 33.8 Å². The average Bonchev–Trinajstić information content (AvgIpc) is 3.24. The first kappa shape index (κ1) is 21.6. The summed E-state index contributed by atoms with van der Waals surface area (Å²) in [5.41, 5.74) is 1.83. The van der Waals surface area contributed by atoms with E-state index in [0.29, 0.717) is 30.4 Å². The molecule has 0 bridgehead atoms. The molecule has 0 saturated heterocycles. The van der Waals surface area contributed by atoms with E-state index in [1.807, 2.05) is 31.2 Å². The smallest absolute Gasteiger partial charge is 0.349 e. The minimum atomic E-state index is -1.01. The molecule has 7 nitrogen and oxygen atoms in total. The van der Waals surface area contributed by atoms with E-state index in [4.69, 9.17) is 9.47 Å². The van der Waals surface area contributed by atoms with Crippen LogP contribution in [0.3, 0.4) is 0 Å². The second-order valence-corrected chi connectivity index (χ2v) is 8.07. The molecule has 0 saturated carbocycles. The molecule has 0 aliphatic carbocycles. The number of aromatic carboxylic acids is 1. The molecule has 0 spiro atoms. The predicted octanol–water partition coefficient (Wildman–Crippen LogP) is 5.12. The molecule has 0 radical (unpaired) electrons. The van der Waals surface area contributed by atoms with Gasteiger partial charge in [-0.25, -0.2) is 14.8 Å². The summed E-state index contributed by atoms with van der Waals surface area (Å²) in [6.07, 6.45) is 2.26. The summed E-state index contributed by atoms with van der Waals surface area (Å²) >= 11 is 1.14. The van der Waals surface area contributed by atoms with Crippen molar-refractivity contribution in [2.75, 3.05) is 25.6 Å². The SMILES string of the molecule is CCOc1cc(-c2cc(NCCc3cc(OC)cc4ccccc34)ncn2)sc1C(=O)O. The molecule has 2 aromatic carbocycles. The van der Waals surface area contributed by atoms with Crippen LogP contribution in [-0.4, -0.2) is 41.3 Å². The molecule has 4 aromatic rings. The van der Waals surface area contributed by atoms with Gasteiger partial charge in [0.15, 0.2) is 4.88 Å². The number of aromatic nitrogens is 2. The minimum Gasteiger partial charge on any atom is -0.497 e. The van der Waals surface area contributed by atoms with Crippen molar-refractivity contribution < 1.29 is 19.4 Å². The standard InChI is InChI=1S/C24H23N3O4S/c1-3-31-20-13-21(32-23(20)24(28)29)19-12-22(27-14-26-19)25-9-8-16-11-17(30-2)10-15-6-4-5-7-18(15)16/h4-7,10-14H,3,8-9H2,1-2H3,(H,28,29)(H,25,26,27). The van der Waals surface area contributed by atoms with Gasteiger partial charge in [0, 0.05) is 18.7 Å². The number of hydrogen-bond donors (Lipinski definition) is 2. The Morgan fingerprint density at radius 1 is 1.16 bits per heavy atom. The van der Waals surface area contributed by atoms with Crippen molar-refractivity contribution in [2.24, 2.45) is 0 Å². The molecule has 0 amide bonds. The fourth-order valence-corrected chi connectivity index (χ4v) is 4.42. The van der Waals surface area contributed by atoms with Gasteiger partial charge in [0.1, 0.15) is 23.6 Å². The van der Waals surface area contributed by atoms with Crippen molar-refractivity contribution in [3.8, 4) is 22.1 Å². The Labute approximate surface area is 189 Å². The van der Waals surface area contributed by atoms with Crippen LogP contribution in [0, 0.1) is 0 Å². The molecule has 164 valence electrons. The number of benzene rings is 2. The Hall–Kier alpha value is -3.65. The number of nitrogens with zero attached hydrogens (tertiary/aromatic N) is 2. The quantitative estimate of drug-likeness (QED) is 0.366. The topological polar surface area (TPSA) is 93.6 Å². The molecule has 0 fully saturated rings. The van der Waals surface area contributed by atoms with Gasteiger partial charge in [-0.1, -0.05) is 24.3 Å². The fraction of sp³-hybridized carbons (Fsp3) is 0.208. The summed E-state index contributed by atoms with van der Waals surface area (Å²) in [6, 6.07) is 15.9. The van der Waals surface area contributed by atoms with E-state index in [1.165, 1.54) is 17.3 Å². The molecule has 2 heterocycles. The van der Waals surface area contributed by atoms with Gasteiger partial charge in [-0.3, -0.25) is 0 Å². The first-order chi connectivity index (χ1) is 15.6. The lowest BCUT2D eigenvalue weighted by Crippen LogP contribution is -2.07. The highest BCUT2D eigenvalue weighted by Gasteiger charge is 2.18. The van der Waals surface area contributed by atoms with Crippen molar-refractivity contribution in [1.29, 1.82) is 0 Å². The Bertz CT molecular complexity index is 1260. The van der Waals surface area contributed by atoms with Gasteiger partial charge in [-0.05, 0) is 41.8 Å². The van der Waals surface area contributed by atoms with E-state index >= 15 is 0 Å². The highest BCUT2D eigenvalue weighted by molar-refractivity contribution is 7.17. The molecular weight excluding hydrogens is 426 g/mol. The zero-order valence-electron chi connectivity index (χ0n) is 17.8. The normalized spacial score (nSPS) is 10.8. The van der Waals surface area contributed by atoms with Crippen LogP contribution >= 0.6 is 11.3 Å².